The smallest absolute Gasteiger partial charge is 0.357 e. The lowest BCUT2D eigenvalue weighted by molar-refractivity contribution is 0.0593. The van der Waals surface area contributed by atoms with E-state index < -0.39 is 5.97 Å². The third-order valence-corrected chi connectivity index (χ3v) is 2.93. The molecule has 0 aliphatic carbocycles. The second-order valence-electron chi connectivity index (χ2n) is 3.80. The van der Waals surface area contributed by atoms with Crippen LogP contribution in [0.15, 0.2) is 35.4 Å². The Morgan fingerprint density at radius 1 is 1.53 bits per heavy atom. The fraction of sp³-hybridized carbons (Fsp3) is 0.0769. The van der Waals surface area contributed by atoms with E-state index in [0.29, 0.717) is 5.69 Å². The minimum absolute atomic E-state index is 0.110. The molecule has 2 aromatic rings. The molecule has 1 heterocycles. The number of anilines is 1. The molecule has 0 radical (unpaired) electrons. The highest BCUT2D eigenvalue weighted by molar-refractivity contribution is 7.80. The SMILES string of the molecule is COC(=O)c1c(N)c(C#N)cn1-c1cccc(S)c1. The molecule has 2 N–H and O–H groups in total. The summed E-state index contributed by atoms with van der Waals surface area (Å²) < 4.78 is 6.23. The lowest BCUT2D eigenvalue weighted by atomic mass is 10.2. The Balaban J connectivity index is 2.70. The molecule has 0 aliphatic heterocycles. The second-order valence-corrected chi connectivity index (χ2v) is 4.31. The van der Waals surface area contributed by atoms with E-state index in [1.165, 1.54) is 17.9 Å². The Morgan fingerprint density at radius 3 is 2.84 bits per heavy atom. The number of carbonyl (C=O) groups is 1. The fourth-order valence-electron chi connectivity index (χ4n) is 1.76. The first-order valence-electron chi connectivity index (χ1n) is 5.37. The number of rotatable bonds is 2. The Hall–Kier alpha value is -2.39. The van der Waals surface area contributed by atoms with E-state index in [2.05, 4.69) is 12.6 Å². The summed E-state index contributed by atoms with van der Waals surface area (Å²) in [5.74, 6) is -0.594. The van der Waals surface area contributed by atoms with E-state index >= 15 is 0 Å². The molecule has 2 rings (SSSR count). The zero-order valence-corrected chi connectivity index (χ0v) is 11.0. The fourth-order valence-corrected chi connectivity index (χ4v) is 1.98. The van der Waals surface area contributed by atoms with Gasteiger partial charge in [0.2, 0.25) is 0 Å². The van der Waals surface area contributed by atoms with Gasteiger partial charge in [-0.3, -0.25) is 0 Å². The highest BCUT2D eigenvalue weighted by Crippen LogP contribution is 2.25. The number of nitrogens with two attached hydrogens (primary N) is 1. The molecule has 1 aromatic heterocycles. The molecule has 0 amide bonds. The maximum absolute atomic E-state index is 11.8. The van der Waals surface area contributed by atoms with Crippen LogP contribution in [0.5, 0.6) is 0 Å². The van der Waals surface area contributed by atoms with Crippen molar-refractivity contribution in [3.63, 3.8) is 0 Å². The van der Waals surface area contributed by atoms with E-state index in [4.69, 9.17) is 15.7 Å². The molecule has 0 bridgehead atoms. The molecule has 0 unspecified atom stereocenters. The van der Waals surface area contributed by atoms with Gasteiger partial charge in [-0.25, -0.2) is 4.79 Å². The third-order valence-electron chi connectivity index (χ3n) is 2.65. The first-order valence-corrected chi connectivity index (χ1v) is 5.82. The van der Waals surface area contributed by atoms with Crippen molar-refractivity contribution in [3.05, 3.63) is 41.7 Å². The van der Waals surface area contributed by atoms with Gasteiger partial charge in [-0.1, -0.05) is 6.07 Å². The van der Waals surface area contributed by atoms with Crippen molar-refractivity contribution in [3.8, 4) is 11.8 Å². The third kappa shape index (κ3) is 2.28. The molecule has 5 nitrogen and oxygen atoms in total. The number of nitriles is 1. The first-order chi connectivity index (χ1) is 9.08. The highest BCUT2D eigenvalue weighted by atomic mass is 32.1. The van der Waals surface area contributed by atoms with Gasteiger partial charge >= 0.3 is 5.97 Å². The molecule has 0 atom stereocenters. The molecule has 6 heteroatoms. The molecule has 0 fully saturated rings. The number of carbonyl (C=O) groups excluding carboxylic acids is 1. The van der Waals surface area contributed by atoms with E-state index in [1.807, 2.05) is 12.1 Å². The zero-order valence-electron chi connectivity index (χ0n) is 10.1. The standard InChI is InChI=1S/C13H11N3O2S/c1-18-13(17)12-11(15)8(6-14)7-16(12)9-3-2-4-10(19)5-9/h2-5,7,19H,15H2,1H3. The van der Waals surface area contributed by atoms with Crippen LogP contribution in [0, 0.1) is 11.3 Å². The highest BCUT2D eigenvalue weighted by Gasteiger charge is 2.21. The number of nitrogens with zero attached hydrogens (tertiary/aromatic N) is 2. The summed E-state index contributed by atoms with van der Waals surface area (Å²) in [5, 5.41) is 9.00. The predicted octanol–water partition coefficient (Wildman–Crippen LogP) is 2.01. The first kappa shape index (κ1) is 13.1. The van der Waals surface area contributed by atoms with Gasteiger partial charge in [-0.05, 0) is 18.2 Å². The van der Waals surface area contributed by atoms with Crippen LogP contribution in [0.2, 0.25) is 0 Å². The molecular formula is C13H11N3O2S. The van der Waals surface area contributed by atoms with Crippen LogP contribution < -0.4 is 5.73 Å². The van der Waals surface area contributed by atoms with E-state index in [-0.39, 0.29) is 16.9 Å². The average molecular weight is 273 g/mol. The summed E-state index contributed by atoms with van der Waals surface area (Å²) in [6.45, 7) is 0. The Bertz CT molecular complexity index is 686. The second kappa shape index (κ2) is 5.08. The number of methoxy groups -OCH3 is 1. The molecular weight excluding hydrogens is 262 g/mol. The quantitative estimate of drug-likeness (QED) is 0.648. The van der Waals surface area contributed by atoms with Crippen LogP contribution in [-0.2, 0) is 4.74 Å². The molecule has 0 saturated carbocycles. The number of hydrogen-bond acceptors (Lipinski definition) is 5. The van der Waals surface area contributed by atoms with E-state index in [0.717, 1.165) is 4.90 Å². The van der Waals surface area contributed by atoms with Crippen LogP contribution in [0.25, 0.3) is 5.69 Å². The summed E-state index contributed by atoms with van der Waals surface area (Å²) in [4.78, 5) is 12.5. The van der Waals surface area contributed by atoms with Crippen molar-refractivity contribution in [2.75, 3.05) is 12.8 Å². The van der Waals surface area contributed by atoms with E-state index in [9.17, 15) is 4.79 Å². The minimum Gasteiger partial charge on any atom is -0.464 e. The van der Waals surface area contributed by atoms with Gasteiger partial charge in [0.15, 0.2) is 5.69 Å². The molecule has 0 saturated heterocycles. The molecule has 96 valence electrons. The molecule has 19 heavy (non-hydrogen) atoms. The normalized spacial score (nSPS) is 9.95. The van der Waals surface area contributed by atoms with Crippen molar-refractivity contribution < 1.29 is 9.53 Å². The number of benzene rings is 1. The van der Waals surface area contributed by atoms with E-state index in [1.54, 1.807) is 18.2 Å². The summed E-state index contributed by atoms with van der Waals surface area (Å²) in [7, 11) is 1.26. The van der Waals surface area contributed by atoms with Crippen LogP contribution in [-0.4, -0.2) is 17.6 Å². The van der Waals surface area contributed by atoms with Crippen molar-refractivity contribution in [2.45, 2.75) is 4.90 Å². The number of aromatic nitrogens is 1. The van der Waals surface area contributed by atoms with Crippen molar-refractivity contribution in [2.24, 2.45) is 0 Å². The molecule has 0 spiro atoms. The van der Waals surface area contributed by atoms with Crippen LogP contribution in [0.3, 0.4) is 0 Å². The largest absolute Gasteiger partial charge is 0.464 e. The van der Waals surface area contributed by atoms with Gasteiger partial charge in [0.1, 0.15) is 6.07 Å². The lowest BCUT2D eigenvalue weighted by Crippen LogP contribution is -2.11. The molecule has 1 aromatic carbocycles. The molecule has 0 aliphatic rings. The lowest BCUT2D eigenvalue weighted by Gasteiger charge is -2.08. The van der Waals surface area contributed by atoms with Crippen molar-refractivity contribution >= 4 is 24.3 Å². The number of ether oxygens (including phenoxy) is 1. The van der Waals surface area contributed by atoms with Gasteiger partial charge in [0.05, 0.1) is 18.4 Å². The number of esters is 1. The summed E-state index contributed by atoms with van der Waals surface area (Å²) in [6.07, 6.45) is 1.50. The summed E-state index contributed by atoms with van der Waals surface area (Å²) >= 11 is 4.24. The number of thiol groups is 1. The van der Waals surface area contributed by atoms with Gasteiger partial charge in [-0.2, -0.15) is 5.26 Å². The van der Waals surface area contributed by atoms with Crippen LogP contribution in [0.1, 0.15) is 16.1 Å². The summed E-state index contributed by atoms with van der Waals surface area (Å²) in [5.41, 5.74) is 6.96. The van der Waals surface area contributed by atoms with Crippen LogP contribution >= 0.6 is 12.6 Å². The maximum atomic E-state index is 11.8. The zero-order chi connectivity index (χ0) is 14.0. The van der Waals surface area contributed by atoms with Gasteiger partial charge < -0.3 is 15.0 Å². The monoisotopic (exact) mass is 273 g/mol. The predicted molar refractivity (Wildman–Crippen MR) is 73.5 cm³/mol. The van der Waals surface area contributed by atoms with Crippen molar-refractivity contribution in [1.82, 2.24) is 4.57 Å². The average Bonchev–Trinajstić information content (AvgIpc) is 2.75. The topological polar surface area (TPSA) is 81.0 Å². The summed E-state index contributed by atoms with van der Waals surface area (Å²) in [6, 6.07) is 9.09. The number of hydrogen-bond donors (Lipinski definition) is 2. The maximum Gasteiger partial charge on any atom is 0.357 e. The number of nitrogen functional groups attached to an aromatic ring is 1. The Labute approximate surface area is 115 Å². The van der Waals surface area contributed by atoms with Gasteiger partial charge in [0, 0.05) is 16.8 Å². The van der Waals surface area contributed by atoms with Gasteiger partial charge in [-0.15, -0.1) is 12.6 Å². The van der Waals surface area contributed by atoms with Gasteiger partial charge in [0.25, 0.3) is 0 Å². The van der Waals surface area contributed by atoms with Crippen molar-refractivity contribution in [1.29, 1.82) is 5.26 Å². The Kier molecular flexibility index (Phi) is 3.49. The Morgan fingerprint density at radius 2 is 2.26 bits per heavy atom. The van der Waals surface area contributed by atoms with Crippen LogP contribution in [0.4, 0.5) is 5.69 Å². The minimum atomic E-state index is -0.594.